The molecule has 0 bridgehead atoms. The molecule has 1 saturated carbocycles. The van der Waals surface area contributed by atoms with Gasteiger partial charge < -0.3 is 19.5 Å². The molecule has 4 rings (SSSR count). The first kappa shape index (κ1) is 19.8. The summed E-state index contributed by atoms with van der Waals surface area (Å²) in [4.78, 5) is 23.3. The number of benzene rings is 2. The minimum Gasteiger partial charge on any atom is -0.503 e. The lowest BCUT2D eigenvalue weighted by molar-refractivity contribution is 0.0693. The smallest absolute Gasteiger partial charge is 0.341 e. The van der Waals surface area contributed by atoms with Crippen molar-refractivity contribution in [2.24, 2.45) is 0 Å². The molecule has 1 aromatic heterocycles. The lowest BCUT2D eigenvalue weighted by Gasteiger charge is -2.31. The molecule has 0 unspecified atom stereocenters. The molecule has 0 saturated heterocycles. The van der Waals surface area contributed by atoms with Gasteiger partial charge in [-0.1, -0.05) is 43.2 Å². The number of nitrogens with zero attached hydrogens (tertiary/aromatic N) is 1. The third-order valence-electron chi connectivity index (χ3n) is 5.76. The lowest BCUT2D eigenvalue weighted by atomic mass is 9.78. The number of pyridine rings is 1. The van der Waals surface area contributed by atoms with Crippen LogP contribution in [0, 0.1) is 0 Å². The first-order valence-electron chi connectivity index (χ1n) is 9.97. The fourth-order valence-corrected chi connectivity index (χ4v) is 4.31. The van der Waals surface area contributed by atoms with E-state index in [1.165, 1.54) is 12.4 Å². The highest BCUT2D eigenvalue weighted by molar-refractivity contribution is 5.87. The molecule has 1 aliphatic rings. The van der Waals surface area contributed by atoms with Gasteiger partial charge in [-0.25, -0.2) is 4.79 Å². The van der Waals surface area contributed by atoms with Crippen LogP contribution < -0.4 is 10.2 Å². The van der Waals surface area contributed by atoms with Gasteiger partial charge in [-0.2, -0.15) is 0 Å². The number of aromatic nitrogens is 1. The van der Waals surface area contributed by atoms with E-state index >= 15 is 0 Å². The normalized spacial score (nSPS) is 15.1. The molecule has 6 nitrogen and oxygen atoms in total. The standard InChI is InChI=1S/C24H23NO5/c26-21-15-25(14-20(22(21)27)23(28)29)16-24(11-4-5-12-24)17-7-6-10-19(13-17)30-18-8-2-1-3-9-18/h1-3,6-10,13-15,26H,4-5,11-12,16H2,(H,28,29). The monoisotopic (exact) mass is 405 g/mol. The summed E-state index contributed by atoms with van der Waals surface area (Å²) in [6, 6.07) is 17.5. The van der Waals surface area contributed by atoms with E-state index < -0.39 is 22.7 Å². The zero-order valence-corrected chi connectivity index (χ0v) is 16.5. The maximum Gasteiger partial charge on any atom is 0.341 e. The summed E-state index contributed by atoms with van der Waals surface area (Å²) in [7, 11) is 0. The minimum atomic E-state index is -1.34. The van der Waals surface area contributed by atoms with Gasteiger partial charge in [-0.05, 0) is 42.7 Å². The average molecular weight is 405 g/mol. The van der Waals surface area contributed by atoms with Crippen LogP contribution >= 0.6 is 0 Å². The lowest BCUT2D eigenvalue weighted by Crippen LogP contribution is -2.30. The summed E-state index contributed by atoms with van der Waals surface area (Å²) in [5.74, 6) is -0.405. The maximum absolute atomic E-state index is 11.9. The Balaban J connectivity index is 1.68. The molecule has 154 valence electrons. The summed E-state index contributed by atoms with van der Waals surface area (Å²) in [5, 5.41) is 19.2. The predicted octanol–water partition coefficient (Wildman–Crippen LogP) is 4.56. The van der Waals surface area contributed by atoms with Crippen LogP contribution in [0.3, 0.4) is 0 Å². The molecule has 3 aromatic rings. The summed E-state index contributed by atoms with van der Waals surface area (Å²) in [6.45, 7) is 0.468. The molecule has 1 heterocycles. The van der Waals surface area contributed by atoms with Crippen LogP contribution in [0.25, 0.3) is 0 Å². The summed E-state index contributed by atoms with van der Waals surface area (Å²) in [6.07, 6.45) is 6.60. The average Bonchev–Trinajstić information content (AvgIpc) is 3.21. The first-order chi connectivity index (χ1) is 14.5. The van der Waals surface area contributed by atoms with E-state index in [0.29, 0.717) is 6.54 Å². The highest BCUT2D eigenvalue weighted by Gasteiger charge is 2.36. The van der Waals surface area contributed by atoms with Gasteiger partial charge in [0.25, 0.3) is 0 Å². The number of hydrogen-bond donors (Lipinski definition) is 2. The van der Waals surface area contributed by atoms with Gasteiger partial charge in [-0.15, -0.1) is 0 Å². The Hall–Kier alpha value is -3.54. The SMILES string of the molecule is O=C(O)c1cn(CC2(c3cccc(Oc4ccccc4)c3)CCCC2)cc(O)c1=O. The number of hydrogen-bond acceptors (Lipinski definition) is 4. The summed E-state index contributed by atoms with van der Waals surface area (Å²) >= 11 is 0. The molecule has 1 fully saturated rings. The fourth-order valence-electron chi connectivity index (χ4n) is 4.31. The molecule has 0 atom stereocenters. The molecule has 0 spiro atoms. The molecule has 1 aliphatic carbocycles. The van der Waals surface area contributed by atoms with Gasteiger partial charge in [0.2, 0.25) is 5.43 Å². The van der Waals surface area contributed by atoms with Crippen molar-refractivity contribution in [3.05, 3.63) is 88.3 Å². The van der Waals surface area contributed by atoms with E-state index in [1.54, 1.807) is 4.57 Å². The Kier molecular flexibility index (Phi) is 5.31. The van der Waals surface area contributed by atoms with E-state index in [4.69, 9.17) is 4.74 Å². The third kappa shape index (κ3) is 3.94. The Morgan fingerprint density at radius 3 is 2.40 bits per heavy atom. The molecule has 0 radical (unpaired) electrons. The quantitative estimate of drug-likeness (QED) is 0.628. The highest BCUT2D eigenvalue weighted by Crippen LogP contribution is 2.43. The second-order valence-corrected chi connectivity index (χ2v) is 7.79. The largest absolute Gasteiger partial charge is 0.503 e. The number of carbonyl (C=O) groups is 1. The van der Waals surface area contributed by atoms with Crippen LogP contribution in [0.5, 0.6) is 17.2 Å². The molecule has 30 heavy (non-hydrogen) atoms. The molecule has 6 heteroatoms. The number of carboxylic acid groups (broad SMARTS) is 1. The number of carboxylic acids is 1. The van der Waals surface area contributed by atoms with Crippen molar-refractivity contribution in [1.82, 2.24) is 4.57 Å². The van der Waals surface area contributed by atoms with Crippen molar-refractivity contribution in [2.75, 3.05) is 0 Å². The Morgan fingerprint density at radius 1 is 1.00 bits per heavy atom. The Morgan fingerprint density at radius 2 is 1.70 bits per heavy atom. The molecule has 0 amide bonds. The van der Waals surface area contributed by atoms with Crippen molar-refractivity contribution in [3.8, 4) is 17.2 Å². The van der Waals surface area contributed by atoms with Gasteiger partial charge >= 0.3 is 5.97 Å². The van der Waals surface area contributed by atoms with Crippen LogP contribution in [-0.4, -0.2) is 20.7 Å². The van der Waals surface area contributed by atoms with Crippen molar-refractivity contribution < 1.29 is 19.7 Å². The first-order valence-corrected chi connectivity index (χ1v) is 9.97. The van der Waals surface area contributed by atoms with Crippen LogP contribution in [0.2, 0.25) is 0 Å². The van der Waals surface area contributed by atoms with E-state index in [0.717, 1.165) is 42.7 Å². The predicted molar refractivity (Wildman–Crippen MR) is 112 cm³/mol. The van der Waals surface area contributed by atoms with E-state index in [2.05, 4.69) is 6.07 Å². The molecular weight excluding hydrogens is 382 g/mol. The second-order valence-electron chi connectivity index (χ2n) is 7.79. The summed E-state index contributed by atoms with van der Waals surface area (Å²) in [5.41, 5.74) is -0.418. The molecule has 2 N–H and O–H groups in total. The number of aromatic hydroxyl groups is 1. The number of ether oxygens (including phenoxy) is 1. The third-order valence-corrected chi connectivity index (χ3v) is 5.76. The zero-order valence-electron chi connectivity index (χ0n) is 16.5. The van der Waals surface area contributed by atoms with Crippen LogP contribution in [0.15, 0.2) is 71.8 Å². The van der Waals surface area contributed by atoms with Crippen molar-refractivity contribution in [2.45, 2.75) is 37.6 Å². The van der Waals surface area contributed by atoms with Crippen LogP contribution in [0.1, 0.15) is 41.6 Å². The number of para-hydroxylation sites is 1. The topological polar surface area (TPSA) is 88.8 Å². The van der Waals surface area contributed by atoms with Gasteiger partial charge in [-0.3, -0.25) is 4.79 Å². The molecular formula is C24H23NO5. The Bertz CT molecular complexity index is 1110. The van der Waals surface area contributed by atoms with E-state index in [1.807, 2.05) is 48.5 Å². The summed E-state index contributed by atoms with van der Waals surface area (Å²) < 4.78 is 7.61. The molecule has 2 aromatic carbocycles. The molecule has 0 aliphatic heterocycles. The van der Waals surface area contributed by atoms with E-state index in [9.17, 15) is 19.8 Å². The van der Waals surface area contributed by atoms with Crippen molar-refractivity contribution >= 4 is 5.97 Å². The van der Waals surface area contributed by atoms with E-state index in [-0.39, 0.29) is 5.41 Å². The van der Waals surface area contributed by atoms with Crippen molar-refractivity contribution in [1.29, 1.82) is 0 Å². The fraction of sp³-hybridized carbons (Fsp3) is 0.250. The van der Waals surface area contributed by atoms with Crippen LogP contribution in [0.4, 0.5) is 0 Å². The van der Waals surface area contributed by atoms with Gasteiger partial charge in [0.05, 0.1) is 0 Å². The highest BCUT2D eigenvalue weighted by atomic mass is 16.5. The maximum atomic E-state index is 11.9. The second kappa shape index (κ2) is 8.06. The van der Waals surface area contributed by atoms with Crippen molar-refractivity contribution in [3.63, 3.8) is 0 Å². The zero-order chi connectivity index (χ0) is 21.1. The Labute approximate surface area is 174 Å². The van der Waals surface area contributed by atoms with Gasteiger partial charge in [0.1, 0.15) is 17.1 Å². The number of aromatic carboxylic acids is 1. The minimum absolute atomic E-state index is 0.229. The van der Waals surface area contributed by atoms with Gasteiger partial charge in [0, 0.05) is 24.4 Å². The number of rotatable bonds is 6. The van der Waals surface area contributed by atoms with Gasteiger partial charge in [0.15, 0.2) is 5.75 Å². The van der Waals surface area contributed by atoms with Crippen LogP contribution in [-0.2, 0) is 12.0 Å².